The molecule has 10 nitrogen and oxygen atoms in total. The minimum Gasteiger partial charge on any atom is -0.383 e. The largest absolute Gasteiger partial charge is 0.383 e. The van der Waals surface area contributed by atoms with Gasteiger partial charge in [0.25, 0.3) is 0 Å². The number of non-ortho nitro benzene ring substituents is 1. The number of benzene rings is 2. The Morgan fingerprint density at radius 3 is 2.58 bits per heavy atom. The molecule has 0 radical (unpaired) electrons. The zero-order valence-electron chi connectivity index (χ0n) is 26.8. The first kappa shape index (κ1) is 31.9. The van der Waals surface area contributed by atoms with Gasteiger partial charge in [0.15, 0.2) is 5.52 Å². The van der Waals surface area contributed by atoms with Gasteiger partial charge in [-0.2, -0.15) is 0 Å². The summed E-state index contributed by atoms with van der Waals surface area (Å²) in [5.41, 5.74) is 3.94. The molecule has 0 amide bonds. The van der Waals surface area contributed by atoms with Gasteiger partial charge >= 0.3 is 5.69 Å². The van der Waals surface area contributed by atoms with Crippen LogP contribution < -0.4 is 5.32 Å². The summed E-state index contributed by atoms with van der Waals surface area (Å²) in [6, 6.07) is 13.0. The Hall–Kier alpha value is -3.08. The van der Waals surface area contributed by atoms with Crippen LogP contribution in [0.2, 0.25) is 0 Å². The number of piperazine rings is 1. The number of aromatic nitrogens is 2. The highest BCUT2D eigenvalue weighted by molar-refractivity contribution is 5.93. The van der Waals surface area contributed by atoms with E-state index < -0.39 is 4.92 Å². The van der Waals surface area contributed by atoms with Crippen molar-refractivity contribution in [3.8, 4) is 0 Å². The number of hydrogen-bond acceptors (Lipinski definition) is 9. The van der Waals surface area contributed by atoms with Gasteiger partial charge in [0.05, 0.1) is 16.2 Å². The summed E-state index contributed by atoms with van der Waals surface area (Å²) in [4.78, 5) is 16.2. The van der Waals surface area contributed by atoms with Crippen molar-refractivity contribution in [1.29, 1.82) is 0 Å². The van der Waals surface area contributed by atoms with Crippen LogP contribution >= 0.6 is 0 Å². The molecule has 3 aliphatic rings. The number of nitro benzene ring substituents is 1. The summed E-state index contributed by atoms with van der Waals surface area (Å²) in [6.07, 6.45) is 17.0. The van der Waals surface area contributed by atoms with Crippen LogP contribution in [-0.4, -0.2) is 77.0 Å². The molecule has 2 heterocycles. The predicted molar refractivity (Wildman–Crippen MR) is 177 cm³/mol. The number of hydrogen-bond donors (Lipinski definition) is 1. The summed E-state index contributed by atoms with van der Waals surface area (Å²) >= 11 is 0. The van der Waals surface area contributed by atoms with E-state index in [-0.39, 0.29) is 16.8 Å². The van der Waals surface area contributed by atoms with Crippen LogP contribution in [0.4, 0.5) is 11.4 Å². The van der Waals surface area contributed by atoms with E-state index in [9.17, 15) is 10.1 Å². The molecule has 1 N–H and O–H groups in total. The van der Waals surface area contributed by atoms with Gasteiger partial charge < -0.3 is 15.0 Å². The van der Waals surface area contributed by atoms with Gasteiger partial charge in [-0.15, -0.1) is 0 Å². The lowest BCUT2D eigenvalue weighted by atomic mass is 9.76. The monoisotopic (exact) mass is 618 g/mol. The molecule has 2 fully saturated rings. The van der Waals surface area contributed by atoms with Crippen molar-refractivity contribution in [2.24, 2.45) is 0 Å². The van der Waals surface area contributed by atoms with Crippen LogP contribution in [0.1, 0.15) is 94.6 Å². The van der Waals surface area contributed by atoms with E-state index in [4.69, 9.17) is 9.37 Å². The van der Waals surface area contributed by atoms with Gasteiger partial charge in [-0.3, -0.25) is 15.0 Å². The van der Waals surface area contributed by atoms with Crippen molar-refractivity contribution in [1.82, 2.24) is 20.1 Å². The van der Waals surface area contributed by atoms with Gasteiger partial charge in [-0.1, -0.05) is 56.4 Å². The normalized spacial score (nSPS) is 21.6. The van der Waals surface area contributed by atoms with Crippen LogP contribution in [0, 0.1) is 10.1 Å². The standard InChI is InChI=1S/C35H50N6O4/c42-41(43)32-18-17-31(33-34(32)38-45-37-33)36-21-8-1-2-9-27-44-35(19-10-13-28-12-6-7-16-30(28)35)20-11-22-39-23-25-40(26-24-39)29-14-4-3-5-15-29/h6-7,12,16-18,29,36H,1-5,8-11,13-15,19-27H2. The number of unbranched alkanes of at least 4 members (excludes halogenated alkanes) is 3. The highest BCUT2D eigenvalue weighted by atomic mass is 16.6. The number of fused-ring (bicyclic) bond motifs is 2. The van der Waals surface area contributed by atoms with Crippen LogP contribution in [0.15, 0.2) is 41.0 Å². The van der Waals surface area contributed by atoms with E-state index >= 15 is 0 Å². The average molecular weight is 619 g/mol. The molecule has 1 unspecified atom stereocenters. The Labute approximate surface area is 267 Å². The molecule has 1 aliphatic heterocycles. The quantitative estimate of drug-likeness (QED) is 0.108. The number of anilines is 1. The first-order valence-electron chi connectivity index (χ1n) is 17.5. The van der Waals surface area contributed by atoms with Crippen molar-refractivity contribution in [2.45, 2.75) is 102 Å². The van der Waals surface area contributed by atoms with Crippen LogP contribution in [-0.2, 0) is 16.8 Å². The molecule has 1 atom stereocenters. The summed E-state index contributed by atoms with van der Waals surface area (Å²) in [6.45, 7) is 7.60. The Kier molecular flexibility index (Phi) is 11.0. The van der Waals surface area contributed by atoms with E-state index in [1.807, 2.05) is 0 Å². The fourth-order valence-electron chi connectivity index (χ4n) is 7.96. The molecule has 0 bridgehead atoms. The second-order valence-electron chi connectivity index (χ2n) is 13.3. The second-order valence-corrected chi connectivity index (χ2v) is 13.3. The van der Waals surface area contributed by atoms with E-state index in [1.54, 1.807) is 6.07 Å². The van der Waals surface area contributed by atoms with Gasteiger partial charge in [0.2, 0.25) is 5.52 Å². The third kappa shape index (κ3) is 7.84. The SMILES string of the molecule is O=[N+]([O-])c1ccc(NCCCCCCOC2(CCCN3CCN(C4CCCCC4)CC3)CCCc3ccccc32)c2nonc12. The fraction of sp³-hybridized carbons (Fsp3) is 0.657. The zero-order valence-corrected chi connectivity index (χ0v) is 26.8. The number of nitrogens with zero attached hydrogens (tertiary/aromatic N) is 5. The highest BCUT2D eigenvalue weighted by Crippen LogP contribution is 2.42. The molecule has 1 saturated carbocycles. The zero-order chi connectivity index (χ0) is 30.9. The van der Waals surface area contributed by atoms with E-state index in [2.05, 4.69) is 49.7 Å². The summed E-state index contributed by atoms with van der Waals surface area (Å²) in [5, 5.41) is 22.1. The molecule has 10 heteroatoms. The molecular weight excluding hydrogens is 568 g/mol. The maximum atomic E-state index is 11.2. The molecule has 1 aromatic heterocycles. The smallest absolute Gasteiger partial charge is 0.300 e. The van der Waals surface area contributed by atoms with Gasteiger partial charge in [0, 0.05) is 51.4 Å². The summed E-state index contributed by atoms with van der Waals surface area (Å²) in [7, 11) is 0. The van der Waals surface area contributed by atoms with Crippen molar-refractivity contribution >= 4 is 22.4 Å². The summed E-state index contributed by atoms with van der Waals surface area (Å²) < 4.78 is 11.7. The van der Waals surface area contributed by atoms with Crippen LogP contribution in [0.25, 0.3) is 11.0 Å². The third-order valence-electron chi connectivity index (χ3n) is 10.4. The maximum Gasteiger partial charge on any atom is 0.300 e. The fourth-order valence-corrected chi connectivity index (χ4v) is 7.96. The second kappa shape index (κ2) is 15.5. The van der Waals surface area contributed by atoms with Gasteiger partial charge in [-0.25, -0.2) is 4.63 Å². The van der Waals surface area contributed by atoms with E-state index in [1.165, 1.54) is 94.9 Å². The molecule has 244 valence electrons. The lowest BCUT2D eigenvalue weighted by Gasteiger charge is -2.42. The molecule has 2 aromatic carbocycles. The predicted octanol–water partition coefficient (Wildman–Crippen LogP) is 7.08. The van der Waals surface area contributed by atoms with Crippen molar-refractivity contribution in [2.75, 3.05) is 51.2 Å². The number of ether oxygens (including phenoxy) is 1. The minimum absolute atomic E-state index is 0.0946. The molecule has 3 aromatic rings. The third-order valence-corrected chi connectivity index (χ3v) is 10.4. The molecule has 1 saturated heterocycles. The van der Waals surface area contributed by atoms with Crippen molar-refractivity contribution in [3.63, 3.8) is 0 Å². The number of aryl methyl sites for hydroxylation is 1. The number of rotatable bonds is 15. The lowest BCUT2D eigenvalue weighted by Crippen LogP contribution is -2.51. The maximum absolute atomic E-state index is 11.2. The number of nitro groups is 1. The van der Waals surface area contributed by atoms with Gasteiger partial charge in [-0.05, 0) is 91.8 Å². The lowest BCUT2D eigenvalue weighted by molar-refractivity contribution is -0.383. The van der Waals surface area contributed by atoms with Crippen LogP contribution in [0.3, 0.4) is 0 Å². The average Bonchev–Trinajstić information content (AvgIpc) is 3.57. The first-order valence-corrected chi connectivity index (χ1v) is 17.5. The van der Waals surface area contributed by atoms with Crippen LogP contribution in [0.5, 0.6) is 0 Å². The van der Waals surface area contributed by atoms with Crippen molar-refractivity contribution in [3.05, 3.63) is 57.6 Å². The van der Waals surface area contributed by atoms with E-state index in [0.29, 0.717) is 11.2 Å². The Bertz CT molecular complexity index is 1380. The highest BCUT2D eigenvalue weighted by Gasteiger charge is 2.37. The molecule has 0 spiro atoms. The summed E-state index contributed by atoms with van der Waals surface area (Å²) in [5.74, 6) is 0. The topological polar surface area (TPSA) is 110 Å². The number of nitrogens with one attached hydrogen (secondary N) is 1. The van der Waals surface area contributed by atoms with Crippen molar-refractivity contribution < 1.29 is 14.3 Å². The Morgan fingerprint density at radius 1 is 0.933 bits per heavy atom. The molecule has 45 heavy (non-hydrogen) atoms. The molecular formula is C35H50N6O4. The molecule has 6 rings (SSSR count). The minimum atomic E-state index is -0.464. The Morgan fingerprint density at radius 2 is 1.73 bits per heavy atom. The first-order chi connectivity index (χ1) is 22.1. The van der Waals surface area contributed by atoms with Gasteiger partial charge in [0.1, 0.15) is 0 Å². The Balaban J connectivity index is 0.940. The van der Waals surface area contributed by atoms with E-state index in [0.717, 1.165) is 64.1 Å². The molecule has 2 aliphatic carbocycles.